The second-order valence-electron chi connectivity index (χ2n) is 5.33. The number of benzene rings is 2. The Balaban J connectivity index is 1.83. The van der Waals surface area contributed by atoms with Crippen molar-refractivity contribution in [1.82, 2.24) is 4.57 Å². The minimum Gasteiger partial charge on any atom is -0.323 e. The average molecular weight is 327 g/mol. The maximum absolute atomic E-state index is 12.3. The van der Waals surface area contributed by atoms with Crippen molar-refractivity contribution in [2.24, 2.45) is 0 Å². The molecule has 3 rings (SSSR count). The van der Waals surface area contributed by atoms with E-state index in [0.717, 1.165) is 16.6 Å². The molecule has 1 aromatic heterocycles. The molecule has 5 heteroatoms. The molecule has 0 aliphatic heterocycles. The van der Waals surface area contributed by atoms with Gasteiger partial charge in [0.05, 0.1) is 6.20 Å². The largest absolute Gasteiger partial charge is 0.323 e. The highest BCUT2D eigenvalue weighted by atomic mass is 35.5. The van der Waals surface area contributed by atoms with Gasteiger partial charge in [0.15, 0.2) is 17.6 Å². The van der Waals surface area contributed by atoms with E-state index >= 15 is 0 Å². The van der Waals surface area contributed by atoms with Crippen molar-refractivity contribution < 1.29 is 9.36 Å². The predicted molar refractivity (Wildman–Crippen MR) is 93.3 cm³/mol. The quantitative estimate of drug-likeness (QED) is 0.730. The van der Waals surface area contributed by atoms with Crippen LogP contribution in [0.3, 0.4) is 0 Å². The number of fused-ring (bicyclic) bond motifs is 1. The molecule has 116 valence electrons. The maximum Gasteiger partial charge on any atom is 0.266 e. The van der Waals surface area contributed by atoms with Gasteiger partial charge in [0, 0.05) is 10.7 Å². The van der Waals surface area contributed by atoms with Gasteiger partial charge >= 0.3 is 0 Å². The number of hydrogen-bond acceptors (Lipinski definition) is 1. The summed E-state index contributed by atoms with van der Waals surface area (Å²) in [5, 5.41) is 3.51. The molecular weight excluding hydrogens is 310 g/mol. The van der Waals surface area contributed by atoms with Crippen LogP contribution >= 0.6 is 11.6 Å². The lowest BCUT2D eigenvalue weighted by Crippen LogP contribution is -2.39. The van der Waals surface area contributed by atoms with E-state index in [4.69, 9.17) is 11.6 Å². The van der Waals surface area contributed by atoms with Crippen LogP contribution in [-0.4, -0.2) is 10.5 Å². The second-order valence-corrected chi connectivity index (χ2v) is 5.74. The van der Waals surface area contributed by atoms with E-state index in [2.05, 4.69) is 11.9 Å². The number of rotatable bonds is 4. The summed E-state index contributed by atoms with van der Waals surface area (Å²) in [6.45, 7) is 5.93. The third kappa shape index (κ3) is 3.12. The number of imidazole rings is 1. The van der Waals surface area contributed by atoms with Gasteiger partial charge in [-0.05, 0) is 36.8 Å². The fourth-order valence-corrected chi connectivity index (χ4v) is 2.68. The molecule has 0 atom stereocenters. The monoisotopic (exact) mass is 326 g/mol. The standard InChI is InChI=1S/C18H16ClN3O/c1-3-21-12-22(17-7-5-4-6-16(17)21)11-18(23)20-14-9-8-13(2)15(19)10-14/h3-10,12H,1,11H2,2H3/p+1. The number of aryl methyl sites for hydroxylation is 1. The van der Waals surface area contributed by atoms with Crippen molar-refractivity contribution in [3.05, 3.63) is 66.0 Å². The molecule has 0 aliphatic carbocycles. The highest BCUT2D eigenvalue weighted by Crippen LogP contribution is 2.20. The number of aromatic nitrogens is 2. The molecule has 0 aliphatic rings. The zero-order chi connectivity index (χ0) is 16.4. The van der Waals surface area contributed by atoms with E-state index in [1.165, 1.54) is 0 Å². The van der Waals surface area contributed by atoms with Crippen LogP contribution in [0.2, 0.25) is 5.02 Å². The van der Waals surface area contributed by atoms with Crippen molar-refractivity contribution in [2.45, 2.75) is 13.5 Å². The van der Waals surface area contributed by atoms with Gasteiger partial charge in [-0.25, -0.2) is 9.13 Å². The van der Waals surface area contributed by atoms with Crippen LogP contribution in [-0.2, 0) is 11.3 Å². The Labute approximate surface area is 139 Å². The number of amides is 1. The van der Waals surface area contributed by atoms with Gasteiger partial charge in [-0.3, -0.25) is 4.79 Å². The third-order valence-electron chi connectivity index (χ3n) is 3.70. The Morgan fingerprint density at radius 3 is 2.87 bits per heavy atom. The molecule has 4 nitrogen and oxygen atoms in total. The molecule has 23 heavy (non-hydrogen) atoms. The Morgan fingerprint density at radius 2 is 2.13 bits per heavy atom. The van der Waals surface area contributed by atoms with Crippen molar-refractivity contribution in [3.63, 3.8) is 0 Å². The van der Waals surface area contributed by atoms with E-state index in [1.54, 1.807) is 12.3 Å². The summed E-state index contributed by atoms with van der Waals surface area (Å²) in [5.74, 6) is -0.109. The molecule has 0 saturated heterocycles. The summed E-state index contributed by atoms with van der Waals surface area (Å²) in [5.41, 5.74) is 3.66. The lowest BCUT2D eigenvalue weighted by atomic mass is 10.2. The van der Waals surface area contributed by atoms with Crippen LogP contribution in [0.1, 0.15) is 5.56 Å². The van der Waals surface area contributed by atoms with Gasteiger partial charge in [-0.2, -0.15) is 0 Å². The van der Waals surface area contributed by atoms with Crippen LogP contribution in [0.15, 0.2) is 55.4 Å². The van der Waals surface area contributed by atoms with Crippen molar-refractivity contribution >= 4 is 40.4 Å². The van der Waals surface area contributed by atoms with Gasteiger partial charge in [-0.1, -0.05) is 36.4 Å². The molecule has 0 unspecified atom stereocenters. The summed E-state index contributed by atoms with van der Waals surface area (Å²) in [7, 11) is 0. The zero-order valence-electron chi connectivity index (χ0n) is 12.8. The van der Waals surface area contributed by atoms with E-state index < -0.39 is 0 Å². The van der Waals surface area contributed by atoms with Crippen LogP contribution in [0.4, 0.5) is 5.69 Å². The second kappa shape index (κ2) is 6.26. The number of hydrogen-bond donors (Lipinski definition) is 1. The molecule has 0 radical (unpaired) electrons. The van der Waals surface area contributed by atoms with Gasteiger partial charge in [0.2, 0.25) is 6.33 Å². The topological polar surface area (TPSA) is 37.9 Å². The number of carbonyl (C=O) groups excluding carboxylic acids is 1. The Hall–Kier alpha value is -2.59. The van der Waals surface area contributed by atoms with Crippen LogP contribution in [0.5, 0.6) is 0 Å². The number of nitrogens with one attached hydrogen (secondary N) is 1. The molecule has 0 fully saturated rings. The normalized spacial score (nSPS) is 10.7. The number of para-hydroxylation sites is 2. The molecule has 1 N–H and O–H groups in total. The zero-order valence-corrected chi connectivity index (χ0v) is 13.5. The third-order valence-corrected chi connectivity index (χ3v) is 4.11. The highest BCUT2D eigenvalue weighted by molar-refractivity contribution is 6.31. The number of carbonyl (C=O) groups is 1. The molecule has 2 aromatic carbocycles. The predicted octanol–water partition coefficient (Wildman–Crippen LogP) is 3.63. The van der Waals surface area contributed by atoms with Gasteiger partial charge in [0.25, 0.3) is 5.91 Å². The van der Waals surface area contributed by atoms with Crippen molar-refractivity contribution in [2.75, 3.05) is 5.32 Å². The molecule has 3 aromatic rings. The van der Waals surface area contributed by atoms with E-state index in [1.807, 2.05) is 58.8 Å². The summed E-state index contributed by atoms with van der Waals surface area (Å²) in [6, 6.07) is 13.4. The molecule has 0 saturated carbocycles. The number of halogens is 1. The van der Waals surface area contributed by atoms with Crippen LogP contribution in [0, 0.1) is 6.92 Å². The highest BCUT2D eigenvalue weighted by Gasteiger charge is 2.16. The summed E-state index contributed by atoms with van der Waals surface area (Å²) in [6.07, 6.45) is 3.58. The van der Waals surface area contributed by atoms with E-state index in [0.29, 0.717) is 10.7 Å². The van der Waals surface area contributed by atoms with Crippen molar-refractivity contribution in [3.8, 4) is 0 Å². The van der Waals surface area contributed by atoms with Crippen molar-refractivity contribution in [1.29, 1.82) is 0 Å². The first-order valence-electron chi connectivity index (χ1n) is 7.26. The smallest absolute Gasteiger partial charge is 0.266 e. The van der Waals surface area contributed by atoms with E-state index in [9.17, 15) is 4.79 Å². The SMILES string of the molecule is C=Cn1c[n+](CC(=O)Nc2ccc(C)c(Cl)c2)c2ccccc21. The molecule has 1 heterocycles. The van der Waals surface area contributed by atoms with Crippen LogP contribution in [0.25, 0.3) is 17.2 Å². The number of anilines is 1. The van der Waals surface area contributed by atoms with Gasteiger partial charge in [-0.15, -0.1) is 0 Å². The fraction of sp³-hybridized carbons (Fsp3) is 0.111. The minimum atomic E-state index is -0.109. The lowest BCUT2D eigenvalue weighted by Gasteiger charge is -2.05. The fourth-order valence-electron chi connectivity index (χ4n) is 2.50. The molecule has 1 amide bonds. The van der Waals surface area contributed by atoms with Crippen LogP contribution < -0.4 is 9.88 Å². The minimum absolute atomic E-state index is 0.109. The Bertz CT molecular complexity index is 898. The lowest BCUT2D eigenvalue weighted by molar-refractivity contribution is -0.658. The average Bonchev–Trinajstić information content (AvgIpc) is 2.89. The summed E-state index contributed by atoms with van der Waals surface area (Å²) < 4.78 is 3.79. The first-order chi connectivity index (χ1) is 11.1. The molecule has 0 bridgehead atoms. The first-order valence-corrected chi connectivity index (χ1v) is 7.64. The summed E-state index contributed by atoms with van der Waals surface area (Å²) in [4.78, 5) is 12.3. The van der Waals surface area contributed by atoms with E-state index in [-0.39, 0.29) is 12.5 Å². The number of nitrogens with zero attached hydrogens (tertiary/aromatic N) is 2. The molecular formula is C18H17ClN3O+. The first kappa shape index (κ1) is 15.3. The Kier molecular flexibility index (Phi) is 4.17. The Morgan fingerprint density at radius 1 is 1.35 bits per heavy atom. The van der Waals surface area contributed by atoms with Gasteiger partial charge in [0.1, 0.15) is 0 Å². The van der Waals surface area contributed by atoms with Gasteiger partial charge < -0.3 is 5.32 Å². The maximum atomic E-state index is 12.3. The molecule has 0 spiro atoms. The summed E-state index contributed by atoms with van der Waals surface area (Å²) >= 11 is 6.09.